The van der Waals surface area contributed by atoms with Gasteiger partial charge >= 0.3 is 0 Å². The number of aromatic nitrogens is 1. The topological polar surface area (TPSA) is 56.5 Å². The Balaban J connectivity index is 0.000000447. The fourth-order valence-corrected chi connectivity index (χ4v) is 3.88. The van der Waals surface area contributed by atoms with Gasteiger partial charge < -0.3 is 19.5 Å². The number of carbonyl (C=O) groups excluding carboxylic acids is 1. The maximum atomic E-state index is 8.89. The number of likely N-dealkylation sites (N-methyl/N-ethyl adjacent to an activating group) is 1. The van der Waals surface area contributed by atoms with Crippen LogP contribution in [0.2, 0.25) is 0 Å². The van der Waals surface area contributed by atoms with E-state index in [-0.39, 0.29) is 0 Å². The molecule has 1 aromatic carbocycles. The number of hydrogen-bond donors (Lipinski definition) is 0. The van der Waals surface area contributed by atoms with Crippen molar-refractivity contribution in [3.05, 3.63) is 53.3 Å². The number of ether oxygens (including phenoxy) is 1. The van der Waals surface area contributed by atoms with Gasteiger partial charge in [0.25, 0.3) is 0 Å². The highest BCUT2D eigenvalue weighted by atomic mass is 16.5. The van der Waals surface area contributed by atoms with E-state index >= 15 is 0 Å². The van der Waals surface area contributed by atoms with Crippen molar-refractivity contribution < 1.29 is 19.2 Å². The molecule has 1 atom stereocenters. The van der Waals surface area contributed by atoms with Gasteiger partial charge in [-0.25, -0.2) is 4.57 Å². The number of rotatable bonds is 1. The third-order valence-corrected chi connectivity index (χ3v) is 5.09. The maximum Gasteiger partial charge on any atom is 0.178 e. The molecule has 1 aliphatic carbocycles. The molecule has 1 aliphatic heterocycles. The minimum Gasteiger partial charge on any atom is -0.550 e. The van der Waals surface area contributed by atoms with Crippen molar-refractivity contribution >= 4 is 22.8 Å². The monoisotopic (exact) mass is 352 g/mol. The number of anilines is 1. The number of allylic oxidation sites excluding steroid dienone is 1. The van der Waals surface area contributed by atoms with Crippen LogP contribution in [-0.4, -0.2) is 26.2 Å². The van der Waals surface area contributed by atoms with E-state index in [0.717, 1.165) is 19.1 Å². The molecule has 5 nitrogen and oxygen atoms in total. The first-order valence-corrected chi connectivity index (χ1v) is 8.61. The molecule has 2 aromatic rings. The predicted octanol–water partition coefficient (Wildman–Crippen LogP) is 1.58. The smallest absolute Gasteiger partial charge is 0.178 e. The fourth-order valence-electron chi connectivity index (χ4n) is 3.88. The largest absolute Gasteiger partial charge is 0.550 e. The summed E-state index contributed by atoms with van der Waals surface area (Å²) in [6, 6.07) is 9.13. The number of methoxy groups -OCH3 is 1. The molecule has 4 rings (SSSR count). The Morgan fingerprint density at radius 1 is 1.31 bits per heavy atom. The van der Waals surface area contributed by atoms with Crippen molar-refractivity contribution in [2.75, 3.05) is 19.1 Å². The van der Waals surface area contributed by atoms with Crippen LogP contribution in [0.5, 0.6) is 5.75 Å². The van der Waals surface area contributed by atoms with Crippen molar-refractivity contribution in [1.29, 1.82) is 0 Å². The summed E-state index contributed by atoms with van der Waals surface area (Å²) in [5.74, 6) is -0.147. The summed E-state index contributed by atoms with van der Waals surface area (Å²) in [5, 5.41) is 8.89. The molecule has 0 spiro atoms. The molecule has 0 amide bonds. The van der Waals surface area contributed by atoms with Crippen LogP contribution < -0.4 is 19.3 Å². The van der Waals surface area contributed by atoms with Gasteiger partial charge in [0.2, 0.25) is 0 Å². The van der Waals surface area contributed by atoms with E-state index in [1.54, 1.807) is 7.11 Å². The van der Waals surface area contributed by atoms with E-state index in [4.69, 9.17) is 14.6 Å². The van der Waals surface area contributed by atoms with Crippen LogP contribution in [0.15, 0.2) is 36.7 Å². The molecule has 0 saturated heterocycles. The van der Waals surface area contributed by atoms with E-state index in [0.29, 0.717) is 6.04 Å². The van der Waals surface area contributed by atoms with Crippen LogP contribution in [0.1, 0.15) is 30.5 Å². The second kappa shape index (κ2) is 6.83. The maximum absolute atomic E-state index is 8.89. The van der Waals surface area contributed by atoms with Crippen LogP contribution in [0.3, 0.4) is 0 Å². The van der Waals surface area contributed by atoms with Crippen molar-refractivity contribution in [2.45, 2.75) is 26.3 Å². The zero-order valence-electron chi connectivity index (χ0n) is 15.9. The highest BCUT2D eigenvalue weighted by molar-refractivity contribution is 6.01. The van der Waals surface area contributed by atoms with Crippen LogP contribution in [-0.2, 0) is 18.3 Å². The second-order valence-electron chi connectivity index (χ2n) is 6.79. The molecule has 26 heavy (non-hydrogen) atoms. The number of carboxylic acids is 1. The number of carbonyl (C=O) groups is 1. The second-order valence-corrected chi connectivity index (χ2v) is 6.79. The molecule has 136 valence electrons. The van der Waals surface area contributed by atoms with Crippen molar-refractivity contribution in [3.63, 3.8) is 0 Å². The van der Waals surface area contributed by atoms with Crippen LogP contribution >= 0.6 is 0 Å². The predicted molar refractivity (Wildman–Crippen MR) is 99.7 cm³/mol. The number of hydrogen-bond acceptors (Lipinski definition) is 4. The Morgan fingerprint density at radius 3 is 2.65 bits per heavy atom. The standard InChI is InChI=1S/C19H21N2O.C2H4O2/c1-12-16-11-20(2)8-7-17(16)21(3)18-9-13-5-6-14(22-4)10-15(13)19(12)18;1-2(3)4/h5-8,10-11,18H,9H2,1-4H3;1H3,(H,3,4)/q+1;/p-1. The van der Waals surface area contributed by atoms with Crippen molar-refractivity contribution in [1.82, 2.24) is 0 Å². The Labute approximate surface area is 154 Å². The summed E-state index contributed by atoms with van der Waals surface area (Å²) in [6.07, 6.45) is 5.42. The number of benzene rings is 1. The normalized spacial score (nSPS) is 17.0. The number of aliphatic carboxylic acids is 1. The Hall–Kier alpha value is -2.82. The highest BCUT2D eigenvalue weighted by Gasteiger charge is 2.37. The Bertz CT molecular complexity index is 898. The Kier molecular flexibility index (Phi) is 4.72. The average molecular weight is 352 g/mol. The number of carboxylic acid groups (broad SMARTS) is 1. The van der Waals surface area contributed by atoms with E-state index in [1.807, 2.05) is 0 Å². The summed E-state index contributed by atoms with van der Waals surface area (Å²) in [5.41, 5.74) is 8.27. The molecule has 1 aromatic heterocycles. The molecule has 0 fully saturated rings. The molecular formula is C21H24N2O3. The zero-order chi connectivity index (χ0) is 19.0. The lowest BCUT2D eigenvalue weighted by Crippen LogP contribution is -2.37. The van der Waals surface area contributed by atoms with Gasteiger partial charge in [-0.15, -0.1) is 0 Å². The van der Waals surface area contributed by atoms with Gasteiger partial charge in [-0.3, -0.25) is 0 Å². The minimum absolute atomic E-state index is 0.433. The molecule has 0 radical (unpaired) electrons. The molecule has 1 unspecified atom stereocenters. The molecule has 2 heterocycles. The van der Waals surface area contributed by atoms with Gasteiger partial charge in [-0.2, -0.15) is 0 Å². The van der Waals surface area contributed by atoms with Crippen LogP contribution in [0, 0.1) is 0 Å². The quantitative estimate of drug-likeness (QED) is 0.731. The van der Waals surface area contributed by atoms with Crippen LogP contribution in [0.25, 0.3) is 11.1 Å². The lowest BCUT2D eigenvalue weighted by atomic mass is 9.90. The number of nitrogens with zero attached hydrogens (tertiary/aromatic N) is 2. The number of fused-ring (bicyclic) bond motifs is 4. The molecule has 0 saturated carbocycles. The highest BCUT2D eigenvalue weighted by Crippen LogP contribution is 2.47. The van der Waals surface area contributed by atoms with Gasteiger partial charge in [-0.1, -0.05) is 6.07 Å². The molecule has 2 aliphatic rings. The molecular weight excluding hydrogens is 328 g/mol. The first kappa shape index (κ1) is 18.0. The zero-order valence-corrected chi connectivity index (χ0v) is 15.9. The van der Waals surface area contributed by atoms with E-state index in [2.05, 4.69) is 67.1 Å². The van der Waals surface area contributed by atoms with Crippen molar-refractivity contribution in [3.8, 4) is 5.75 Å². The lowest BCUT2D eigenvalue weighted by molar-refractivity contribution is -0.671. The molecule has 0 N–H and O–H groups in total. The van der Waals surface area contributed by atoms with Gasteiger partial charge in [-0.05, 0) is 54.7 Å². The average Bonchev–Trinajstić information content (AvgIpc) is 2.98. The number of pyridine rings is 1. The summed E-state index contributed by atoms with van der Waals surface area (Å²) in [4.78, 5) is 11.3. The summed E-state index contributed by atoms with van der Waals surface area (Å²) >= 11 is 0. The van der Waals surface area contributed by atoms with E-state index < -0.39 is 5.97 Å². The first-order chi connectivity index (χ1) is 12.3. The third kappa shape index (κ3) is 3.05. The van der Waals surface area contributed by atoms with Gasteiger partial charge in [0.05, 0.1) is 24.4 Å². The Morgan fingerprint density at radius 2 is 2.00 bits per heavy atom. The first-order valence-electron chi connectivity index (χ1n) is 8.61. The van der Waals surface area contributed by atoms with Crippen LogP contribution in [0.4, 0.5) is 5.69 Å². The summed E-state index contributed by atoms with van der Waals surface area (Å²) < 4.78 is 7.55. The molecule has 0 bridgehead atoms. The van der Waals surface area contributed by atoms with Gasteiger partial charge in [0, 0.05) is 19.1 Å². The SMILES string of the molecule is CC(=O)[O-].COc1ccc2c(c1)C1=C(C)c3c[n+](C)ccc3N(C)C1C2. The summed E-state index contributed by atoms with van der Waals surface area (Å²) in [6.45, 7) is 3.22. The van der Waals surface area contributed by atoms with E-state index in [1.165, 1.54) is 33.5 Å². The van der Waals surface area contributed by atoms with Gasteiger partial charge in [0.15, 0.2) is 12.4 Å². The number of aryl methyl sites for hydroxylation is 1. The minimum atomic E-state index is -1.08. The third-order valence-electron chi connectivity index (χ3n) is 5.09. The lowest BCUT2D eigenvalue weighted by Gasteiger charge is -2.34. The van der Waals surface area contributed by atoms with E-state index in [9.17, 15) is 0 Å². The fraction of sp³-hybridized carbons (Fsp3) is 0.333. The van der Waals surface area contributed by atoms with Crippen molar-refractivity contribution in [2.24, 2.45) is 7.05 Å². The molecule has 5 heteroatoms. The van der Waals surface area contributed by atoms with Gasteiger partial charge in [0.1, 0.15) is 12.8 Å². The summed E-state index contributed by atoms with van der Waals surface area (Å²) in [7, 11) is 6.02.